The van der Waals surface area contributed by atoms with E-state index in [0.717, 1.165) is 42.8 Å². The van der Waals surface area contributed by atoms with E-state index >= 15 is 0 Å². The zero-order valence-corrected chi connectivity index (χ0v) is 16.8. The van der Waals surface area contributed by atoms with Gasteiger partial charge in [0.2, 0.25) is 0 Å². The fraction of sp³-hybridized carbons (Fsp3) is 0.389. The molecule has 2 N–H and O–H groups in total. The van der Waals surface area contributed by atoms with Gasteiger partial charge in [0.25, 0.3) is 5.91 Å². The van der Waals surface area contributed by atoms with Gasteiger partial charge in [-0.15, -0.1) is 5.10 Å². The van der Waals surface area contributed by atoms with Gasteiger partial charge in [0.1, 0.15) is 6.04 Å². The van der Waals surface area contributed by atoms with Gasteiger partial charge >= 0.3 is 5.97 Å². The van der Waals surface area contributed by atoms with E-state index in [1.54, 1.807) is 0 Å². The van der Waals surface area contributed by atoms with Crippen LogP contribution in [0.2, 0.25) is 0 Å². The predicted octanol–water partition coefficient (Wildman–Crippen LogP) is 1.45. The molecule has 1 aromatic carbocycles. The highest BCUT2D eigenvalue weighted by atomic mass is 32.1. The summed E-state index contributed by atoms with van der Waals surface area (Å²) >= 11 is 9.38. The number of nitrogens with one attached hydrogen (secondary N) is 1. The molecule has 2 aromatic rings. The third-order valence-electron chi connectivity index (χ3n) is 4.39. The Labute approximate surface area is 173 Å². The summed E-state index contributed by atoms with van der Waals surface area (Å²) < 4.78 is 1.83. The normalized spacial score (nSPS) is 16.5. The quantitative estimate of drug-likeness (QED) is 0.418. The van der Waals surface area contributed by atoms with Crippen molar-refractivity contribution in [2.75, 3.05) is 10.7 Å². The van der Waals surface area contributed by atoms with E-state index in [4.69, 9.17) is 17.3 Å². The van der Waals surface area contributed by atoms with E-state index in [9.17, 15) is 9.59 Å². The molecular weight excluding hydrogens is 398 g/mol. The minimum Gasteiger partial charge on any atom is -0.481 e. The Morgan fingerprint density at radius 1 is 1.29 bits per heavy atom. The van der Waals surface area contributed by atoms with Gasteiger partial charge in [-0.05, 0) is 54.9 Å². The molecule has 8 nitrogen and oxygen atoms in total. The summed E-state index contributed by atoms with van der Waals surface area (Å²) in [5, 5.41) is 20.2. The molecule has 0 spiro atoms. The van der Waals surface area contributed by atoms with E-state index < -0.39 is 12.0 Å². The van der Waals surface area contributed by atoms with E-state index in [2.05, 4.69) is 28.3 Å². The van der Waals surface area contributed by atoms with Crippen molar-refractivity contribution in [3.8, 4) is 0 Å². The van der Waals surface area contributed by atoms with Crippen LogP contribution >= 0.6 is 24.8 Å². The molecule has 1 atom stereocenters. The average molecular weight is 420 g/mol. The molecular formula is C18H21N5O3S2. The lowest BCUT2D eigenvalue weighted by Gasteiger charge is -2.15. The zero-order valence-electron chi connectivity index (χ0n) is 15.1. The molecule has 0 saturated carbocycles. The summed E-state index contributed by atoms with van der Waals surface area (Å²) in [5.41, 5.74) is 2.65. The summed E-state index contributed by atoms with van der Waals surface area (Å²) in [5.74, 6) is -0.580. The lowest BCUT2D eigenvalue weighted by Crippen LogP contribution is -2.32. The molecule has 1 saturated heterocycles. The van der Waals surface area contributed by atoms with Crippen molar-refractivity contribution in [1.82, 2.24) is 20.3 Å². The molecule has 28 heavy (non-hydrogen) atoms. The van der Waals surface area contributed by atoms with Crippen molar-refractivity contribution >= 4 is 47.5 Å². The Hall–Kier alpha value is -2.46. The van der Waals surface area contributed by atoms with Crippen molar-refractivity contribution in [2.24, 2.45) is 0 Å². The predicted molar refractivity (Wildman–Crippen MR) is 112 cm³/mol. The molecule has 1 fully saturated rings. The Morgan fingerprint density at radius 2 is 2.04 bits per heavy atom. The molecule has 148 valence electrons. The molecule has 1 amide bonds. The monoisotopic (exact) mass is 419 g/mol. The number of amides is 1. The number of anilines is 1. The van der Waals surface area contributed by atoms with Gasteiger partial charge in [-0.1, -0.05) is 17.3 Å². The van der Waals surface area contributed by atoms with Gasteiger partial charge in [-0.2, -0.15) is 12.6 Å². The first-order chi connectivity index (χ1) is 13.5. The number of carbonyl (C=O) groups excluding carboxylic acids is 1. The van der Waals surface area contributed by atoms with E-state index in [-0.39, 0.29) is 17.4 Å². The van der Waals surface area contributed by atoms with Gasteiger partial charge in [0.15, 0.2) is 5.11 Å². The third-order valence-corrected chi connectivity index (χ3v) is 5.01. The number of aromatic nitrogens is 3. The maximum absolute atomic E-state index is 12.4. The number of hydrogen-bond donors (Lipinski definition) is 3. The number of rotatable bonds is 9. The highest BCUT2D eigenvalue weighted by Crippen LogP contribution is 2.22. The van der Waals surface area contributed by atoms with Gasteiger partial charge in [-0.3, -0.25) is 19.2 Å². The molecule has 3 rings (SSSR count). The number of thiocarbonyl (C=S) groups is 1. The summed E-state index contributed by atoms with van der Waals surface area (Å²) in [4.78, 5) is 24.6. The number of aliphatic carboxylic acids is 1. The van der Waals surface area contributed by atoms with Crippen LogP contribution in [0.5, 0.6) is 0 Å². The van der Waals surface area contributed by atoms with Crippen LogP contribution < -0.4 is 10.2 Å². The Bertz CT molecular complexity index is 868. The maximum Gasteiger partial charge on any atom is 0.305 e. The van der Waals surface area contributed by atoms with Crippen LogP contribution in [0, 0.1) is 0 Å². The van der Waals surface area contributed by atoms with Crippen LogP contribution in [0.4, 0.5) is 5.69 Å². The molecule has 10 heteroatoms. The van der Waals surface area contributed by atoms with E-state index in [1.807, 2.05) is 35.1 Å². The lowest BCUT2D eigenvalue weighted by molar-refractivity contribution is -0.139. The van der Waals surface area contributed by atoms with Crippen LogP contribution in [-0.4, -0.2) is 48.9 Å². The smallest absolute Gasteiger partial charge is 0.305 e. The second-order valence-electron chi connectivity index (χ2n) is 6.49. The van der Waals surface area contributed by atoms with Crippen molar-refractivity contribution in [1.29, 1.82) is 0 Å². The second kappa shape index (κ2) is 9.16. The summed E-state index contributed by atoms with van der Waals surface area (Å²) in [6, 6.07) is 6.67. The number of hydrogen-bond acceptors (Lipinski definition) is 6. The Kier molecular flexibility index (Phi) is 6.63. The van der Waals surface area contributed by atoms with Gasteiger partial charge in [0.05, 0.1) is 17.8 Å². The van der Waals surface area contributed by atoms with E-state index in [1.165, 1.54) is 4.90 Å². The number of aryl methyl sites for hydroxylation is 3. The number of carboxylic acids is 1. The molecule has 0 bridgehead atoms. The lowest BCUT2D eigenvalue weighted by atomic mass is 10.1. The molecule has 1 aliphatic heterocycles. The number of nitrogens with zero attached hydrogens (tertiary/aromatic N) is 4. The maximum atomic E-state index is 12.4. The SMILES string of the molecule is O=C(O)CC1NC(=S)N(c2ccc(CCc3cn(CCCS)nn3)cc2)C1=O. The molecule has 1 aliphatic rings. The standard InChI is InChI=1S/C18H21N5O3S2/c24-16(25)10-15-17(26)23(18(28)19-15)14-6-3-12(4-7-14)2-5-13-11-22(21-20-13)8-1-9-27/h3-4,6-7,11,15,27H,1-2,5,8-10H2,(H,19,28)(H,24,25). The van der Waals surface area contributed by atoms with Crippen LogP contribution in [0.15, 0.2) is 30.5 Å². The van der Waals surface area contributed by atoms with Crippen molar-refractivity contribution < 1.29 is 14.7 Å². The fourth-order valence-corrected chi connectivity index (χ4v) is 3.45. The highest BCUT2D eigenvalue weighted by molar-refractivity contribution is 7.80. The molecule has 0 aliphatic carbocycles. The highest BCUT2D eigenvalue weighted by Gasteiger charge is 2.37. The van der Waals surface area contributed by atoms with Crippen molar-refractivity contribution in [3.05, 3.63) is 41.7 Å². The zero-order chi connectivity index (χ0) is 20.1. The first kappa shape index (κ1) is 20.3. The van der Waals surface area contributed by atoms with Gasteiger partial charge in [-0.25, -0.2) is 0 Å². The largest absolute Gasteiger partial charge is 0.481 e. The Balaban J connectivity index is 1.59. The van der Waals surface area contributed by atoms with Crippen LogP contribution in [0.25, 0.3) is 0 Å². The fourth-order valence-electron chi connectivity index (χ4n) is 2.97. The molecule has 1 unspecified atom stereocenters. The minimum atomic E-state index is -1.05. The number of thiol groups is 1. The minimum absolute atomic E-state index is 0.224. The summed E-state index contributed by atoms with van der Waals surface area (Å²) in [6.07, 6.45) is 4.16. The summed E-state index contributed by atoms with van der Waals surface area (Å²) in [6.45, 7) is 0.811. The van der Waals surface area contributed by atoms with E-state index in [0.29, 0.717) is 5.69 Å². The summed E-state index contributed by atoms with van der Waals surface area (Å²) in [7, 11) is 0. The van der Waals surface area contributed by atoms with Crippen LogP contribution in [-0.2, 0) is 29.0 Å². The molecule has 2 heterocycles. The first-order valence-corrected chi connectivity index (χ1v) is 9.97. The number of benzene rings is 1. The van der Waals surface area contributed by atoms with Crippen molar-refractivity contribution in [2.45, 2.75) is 38.3 Å². The number of carbonyl (C=O) groups is 2. The topological polar surface area (TPSA) is 100 Å². The molecule has 0 radical (unpaired) electrons. The average Bonchev–Trinajstić information content (AvgIpc) is 3.23. The Morgan fingerprint density at radius 3 is 2.71 bits per heavy atom. The third kappa shape index (κ3) is 4.87. The molecule has 1 aromatic heterocycles. The van der Waals surface area contributed by atoms with Gasteiger partial charge < -0.3 is 10.4 Å². The van der Waals surface area contributed by atoms with Crippen LogP contribution in [0.1, 0.15) is 24.1 Å². The second-order valence-corrected chi connectivity index (χ2v) is 7.32. The number of carboxylic acid groups (broad SMARTS) is 1. The van der Waals surface area contributed by atoms with Gasteiger partial charge in [0, 0.05) is 12.7 Å². The van der Waals surface area contributed by atoms with Crippen molar-refractivity contribution in [3.63, 3.8) is 0 Å². The first-order valence-electron chi connectivity index (χ1n) is 8.93. The van der Waals surface area contributed by atoms with Crippen LogP contribution in [0.3, 0.4) is 0 Å².